The number of rotatable bonds is 4. The molecule has 1 atom stereocenters. The Hall–Kier alpha value is -4.12. The highest BCUT2D eigenvalue weighted by Crippen LogP contribution is 2.47. The van der Waals surface area contributed by atoms with E-state index in [4.69, 9.17) is 24.7 Å². The SMILES string of the molecule is COc1cc(OC)c([C@@H]2C(C#N)=C(N)Oc3c2c(=O)[nH]c2ccccc32)cc1OC. The first-order valence-electron chi connectivity index (χ1n) is 9.06. The van der Waals surface area contributed by atoms with Gasteiger partial charge in [0.05, 0.1) is 38.3 Å². The van der Waals surface area contributed by atoms with Crippen molar-refractivity contribution < 1.29 is 18.9 Å². The molecular formula is C22H19N3O5. The molecule has 0 saturated carbocycles. The Kier molecular flexibility index (Phi) is 4.72. The molecule has 0 radical (unpaired) electrons. The summed E-state index contributed by atoms with van der Waals surface area (Å²) in [5.41, 5.74) is 7.24. The molecule has 0 spiro atoms. The molecule has 30 heavy (non-hydrogen) atoms. The van der Waals surface area contributed by atoms with Gasteiger partial charge in [0, 0.05) is 17.0 Å². The highest BCUT2D eigenvalue weighted by Gasteiger charge is 2.36. The van der Waals surface area contributed by atoms with Crippen LogP contribution in [0.25, 0.3) is 10.9 Å². The third-order valence-corrected chi connectivity index (χ3v) is 5.13. The van der Waals surface area contributed by atoms with Crippen LogP contribution in [-0.2, 0) is 0 Å². The molecule has 0 bridgehead atoms. The second-order valence-corrected chi connectivity index (χ2v) is 6.62. The van der Waals surface area contributed by atoms with Crippen LogP contribution < -0.4 is 30.2 Å². The van der Waals surface area contributed by atoms with Crippen molar-refractivity contribution in [2.45, 2.75) is 5.92 Å². The third kappa shape index (κ3) is 2.79. The summed E-state index contributed by atoms with van der Waals surface area (Å²) in [4.78, 5) is 16.0. The fourth-order valence-electron chi connectivity index (χ4n) is 3.76. The molecule has 152 valence electrons. The number of nitrogens with one attached hydrogen (secondary N) is 1. The molecule has 3 aromatic rings. The quantitative estimate of drug-likeness (QED) is 0.685. The number of hydrogen-bond donors (Lipinski definition) is 2. The van der Waals surface area contributed by atoms with E-state index < -0.39 is 5.92 Å². The van der Waals surface area contributed by atoms with Gasteiger partial charge >= 0.3 is 0 Å². The number of nitrogens with two attached hydrogens (primary N) is 1. The van der Waals surface area contributed by atoms with Gasteiger partial charge in [-0.25, -0.2) is 0 Å². The van der Waals surface area contributed by atoms with Gasteiger partial charge in [-0.15, -0.1) is 0 Å². The van der Waals surface area contributed by atoms with Crippen molar-refractivity contribution in [2.75, 3.05) is 21.3 Å². The lowest BCUT2D eigenvalue weighted by molar-refractivity contribution is 0.346. The first-order valence-corrected chi connectivity index (χ1v) is 9.06. The van der Waals surface area contributed by atoms with Crippen molar-refractivity contribution in [3.05, 3.63) is 69.3 Å². The van der Waals surface area contributed by atoms with Crippen LogP contribution in [0.4, 0.5) is 0 Å². The molecular weight excluding hydrogens is 386 g/mol. The normalized spacial score (nSPS) is 15.2. The number of benzene rings is 2. The van der Waals surface area contributed by atoms with E-state index in [9.17, 15) is 10.1 Å². The Labute approximate surface area is 172 Å². The van der Waals surface area contributed by atoms with Gasteiger partial charge in [0.25, 0.3) is 5.56 Å². The number of pyridine rings is 1. The van der Waals surface area contributed by atoms with Crippen LogP contribution in [0.5, 0.6) is 23.0 Å². The predicted octanol–water partition coefficient (Wildman–Crippen LogP) is 2.77. The maximum Gasteiger partial charge on any atom is 0.256 e. The fourth-order valence-corrected chi connectivity index (χ4v) is 3.76. The number of fused-ring (bicyclic) bond motifs is 3. The van der Waals surface area contributed by atoms with Gasteiger partial charge in [0.15, 0.2) is 11.5 Å². The predicted molar refractivity (Wildman–Crippen MR) is 110 cm³/mol. The van der Waals surface area contributed by atoms with Crippen molar-refractivity contribution in [3.63, 3.8) is 0 Å². The van der Waals surface area contributed by atoms with Gasteiger partial charge in [-0.05, 0) is 18.2 Å². The Morgan fingerprint density at radius 1 is 1.07 bits per heavy atom. The summed E-state index contributed by atoms with van der Waals surface area (Å²) in [5.74, 6) is 0.721. The zero-order valence-electron chi connectivity index (χ0n) is 16.6. The van der Waals surface area contributed by atoms with E-state index >= 15 is 0 Å². The van der Waals surface area contributed by atoms with Crippen LogP contribution in [0.15, 0.2) is 52.6 Å². The van der Waals surface area contributed by atoms with E-state index in [0.29, 0.717) is 39.5 Å². The summed E-state index contributed by atoms with van der Waals surface area (Å²) in [7, 11) is 4.51. The van der Waals surface area contributed by atoms with Gasteiger partial charge in [-0.3, -0.25) is 4.79 Å². The number of aromatic nitrogens is 1. The number of hydrogen-bond acceptors (Lipinski definition) is 7. The minimum atomic E-state index is -0.818. The summed E-state index contributed by atoms with van der Waals surface area (Å²) in [6.45, 7) is 0. The Balaban J connectivity index is 2.10. The molecule has 8 heteroatoms. The molecule has 2 heterocycles. The van der Waals surface area contributed by atoms with E-state index in [1.807, 2.05) is 18.2 Å². The topological polar surface area (TPSA) is 120 Å². The number of nitriles is 1. The van der Waals surface area contributed by atoms with Gasteiger partial charge in [-0.1, -0.05) is 12.1 Å². The van der Waals surface area contributed by atoms with Gasteiger partial charge in [0.1, 0.15) is 23.1 Å². The largest absolute Gasteiger partial charge is 0.496 e. The Bertz CT molecular complexity index is 1290. The van der Waals surface area contributed by atoms with E-state index in [2.05, 4.69) is 11.1 Å². The molecule has 0 fully saturated rings. The zero-order chi connectivity index (χ0) is 21.4. The van der Waals surface area contributed by atoms with E-state index in [-0.39, 0.29) is 22.6 Å². The zero-order valence-corrected chi connectivity index (χ0v) is 16.6. The van der Waals surface area contributed by atoms with Crippen molar-refractivity contribution in [2.24, 2.45) is 5.73 Å². The number of aromatic amines is 1. The first-order chi connectivity index (χ1) is 14.5. The van der Waals surface area contributed by atoms with Crippen LogP contribution in [0.2, 0.25) is 0 Å². The molecule has 0 aliphatic carbocycles. The maximum atomic E-state index is 13.1. The summed E-state index contributed by atoms with van der Waals surface area (Å²) in [6, 6.07) is 12.6. The lowest BCUT2D eigenvalue weighted by Crippen LogP contribution is -2.28. The van der Waals surface area contributed by atoms with Crippen LogP contribution in [0.1, 0.15) is 17.0 Å². The summed E-state index contributed by atoms with van der Waals surface area (Å²) < 4.78 is 22.1. The number of methoxy groups -OCH3 is 3. The van der Waals surface area contributed by atoms with Crippen molar-refractivity contribution >= 4 is 10.9 Å². The van der Waals surface area contributed by atoms with E-state index in [1.165, 1.54) is 21.3 Å². The smallest absolute Gasteiger partial charge is 0.256 e. The molecule has 1 aliphatic rings. The number of allylic oxidation sites excluding steroid dienone is 1. The summed E-state index contributed by atoms with van der Waals surface area (Å²) in [5, 5.41) is 10.5. The number of H-pyrrole nitrogens is 1. The maximum absolute atomic E-state index is 13.1. The fraction of sp³-hybridized carbons (Fsp3) is 0.182. The Morgan fingerprint density at radius 2 is 1.73 bits per heavy atom. The van der Waals surface area contributed by atoms with Crippen LogP contribution in [-0.4, -0.2) is 26.3 Å². The molecule has 0 unspecified atom stereocenters. The van der Waals surface area contributed by atoms with Crippen LogP contribution in [0.3, 0.4) is 0 Å². The Morgan fingerprint density at radius 3 is 2.40 bits per heavy atom. The minimum absolute atomic E-state index is 0.0670. The second-order valence-electron chi connectivity index (χ2n) is 6.62. The highest BCUT2D eigenvalue weighted by atomic mass is 16.5. The molecule has 4 rings (SSSR count). The number of para-hydroxylation sites is 1. The molecule has 1 aromatic heterocycles. The van der Waals surface area contributed by atoms with Gasteiger partial charge in [-0.2, -0.15) is 5.26 Å². The van der Waals surface area contributed by atoms with Crippen LogP contribution >= 0.6 is 0 Å². The van der Waals surface area contributed by atoms with E-state index in [0.717, 1.165) is 0 Å². The molecule has 1 aliphatic heterocycles. The molecule has 2 aromatic carbocycles. The standard InChI is InChI=1S/C22H19N3O5/c1-27-15-9-17(29-3)16(28-2)8-12(15)18-13(10-23)21(24)30-20-11-6-4-5-7-14(11)25-22(26)19(18)20/h4-9,18H,24H2,1-3H3,(H,25,26)/t18-/m1/s1. The van der Waals surface area contributed by atoms with E-state index in [1.54, 1.807) is 18.2 Å². The summed E-state index contributed by atoms with van der Waals surface area (Å²) in [6.07, 6.45) is 0. The third-order valence-electron chi connectivity index (χ3n) is 5.13. The number of ether oxygens (including phenoxy) is 4. The lowest BCUT2D eigenvalue weighted by atomic mass is 9.83. The highest BCUT2D eigenvalue weighted by molar-refractivity contribution is 5.87. The number of nitrogens with zero attached hydrogens (tertiary/aromatic N) is 1. The second kappa shape index (κ2) is 7.37. The average Bonchev–Trinajstić information content (AvgIpc) is 2.77. The van der Waals surface area contributed by atoms with Crippen LogP contribution in [0, 0.1) is 11.3 Å². The van der Waals surface area contributed by atoms with Gasteiger partial charge in [0.2, 0.25) is 5.88 Å². The molecule has 3 N–H and O–H groups in total. The molecule has 8 nitrogen and oxygen atoms in total. The molecule has 0 amide bonds. The summed E-state index contributed by atoms with van der Waals surface area (Å²) >= 11 is 0. The average molecular weight is 405 g/mol. The van der Waals surface area contributed by atoms with Crippen molar-refractivity contribution in [1.82, 2.24) is 4.98 Å². The van der Waals surface area contributed by atoms with Gasteiger partial charge < -0.3 is 29.7 Å². The van der Waals surface area contributed by atoms with Crippen molar-refractivity contribution in [3.8, 4) is 29.1 Å². The first kappa shape index (κ1) is 19.2. The molecule has 0 saturated heterocycles. The van der Waals surface area contributed by atoms with Crippen molar-refractivity contribution in [1.29, 1.82) is 5.26 Å². The lowest BCUT2D eigenvalue weighted by Gasteiger charge is -2.28. The monoisotopic (exact) mass is 405 g/mol. The minimum Gasteiger partial charge on any atom is -0.496 e.